The summed E-state index contributed by atoms with van der Waals surface area (Å²) in [6, 6.07) is 9.00. The number of aldehydes is 1. The van der Waals surface area contributed by atoms with Crippen molar-refractivity contribution < 1.29 is 18.0 Å². The van der Waals surface area contributed by atoms with Gasteiger partial charge in [-0.25, -0.2) is 32.8 Å². The van der Waals surface area contributed by atoms with Gasteiger partial charge in [0.1, 0.15) is 29.3 Å². The fraction of sp³-hybridized carbons (Fsp3) is 0.261. The van der Waals surface area contributed by atoms with Crippen LogP contribution in [0.15, 0.2) is 42.6 Å². The third-order valence-corrected chi connectivity index (χ3v) is 5.99. The topological polar surface area (TPSA) is 85.6 Å². The first kappa shape index (κ1) is 21.0. The van der Waals surface area contributed by atoms with Crippen LogP contribution < -0.4 is 5.32 Å². The largest absolute Gasteiger partial charge is 0.359 e. The number of rotatable bonds is 5. The summed E-state index contributed by atoms with van der Waals surface area (Å²) in [6.07, 6.45) is -0.630. The Morgan fingerprint density at radius 3 is 2.70 bits per heavy atom. The summed E-state index contributed by atoms with van der Waals surface area (Å²) in [7, 11) is 0. The number of anilines is 1. The van der Waals surface area contributed by atoms with Crippen molar-refractivity contribution in [2.45, 2.75) is 38.3 Å². The number of pyridine rings is 1. The molecule has 4 aromatic rings. The molecule has 0 amide bonds. The molecule has 0 bridgehead atoms. The highest BCUT2D eigenvalue weighted by Gasteiger charge is 2.44. The lowest BCUT2D eigenvalue weighted by atomic mass is 9.80. The molecule has 0 radical (unpaired) electrons. The van der Waals surface area contributed by atoms with Crippen molar-refractivity contribution in [2.75, 3.05) is 5.32 Å². The number of nitrogens with one attached hydrogen (secondary N) is 1. The average molecular weight is 452 g/mol. The van der Waals surface area contributed by atoms with Crippen LogP contribution in [0.25, 0.3) is 22.6 Å². The molecule has 168 valence electrons. The van der Waals surface area contributed by atoms with Crippen LogP contribution in [0.1, 0.15) is 37.1 Å². The average Bonchev–Trinajstić information content (AvgIpc) is 3.29. The van der Waals surface area contributed by atoms with E-state index < -0.39 is 29.4 Å². The second kappa shape index (κ2) is 7.65. The second-order valence-electron chi connectivity index (χ2n) is 8.41. The predicted molar refractivity (Wildman–Crippen MR) is 116 cm³/mol. The molecule has 0 fully saturated rings. The summed E-state index contributed by atoms with van der Waals surface area (Å²) in [5, 5.41) is 7.99. The zero-order chi connectivity index (χ0) is 23.3. The number of benzene rings is 1. The van der Waals surface area contributed by atoms with E-state index in [0.29, 0.717) is 22.9 Å². The highest BCUT2D eigenvalue weighted by molar-refractivity contribution is 5.89. The standard InChI is InChI=1S/C23H19F3N6O/c1-23(2)15(11-33)28-20-16(23)18(19(25)26)29-21(30-20)17-13-7-5-9-27-22(13)32(31-17)10-12-6-3-4-8-14(12)24/h3-9,11,15,19H,10H2,1-2H3,(H,28,29,30). The molecule has 33 heavy (non-hydrogen) atoms. The molecule has 3 aromatic heterocycles. The Labute approximate surface area is 186 Å². The van der Waals surface area contributed by atoms with Gasteiger partial charge in [0.15, 0.2) is 11.5 Å². The van der Waals surface area contributed by atoms with E-state index in [1.54, 1.807) is 50.4 Å². The minimum Gasteiger partial charge on any atom is -0.359 e. The SMILES string of the molecule is CC1(C)c2c(nc(-c3nn(Cc4ccccc4F)c4ncccc34)nc2C(F)F)NC1C=O. The first-order valence-corrected chi connectivity index (χ1v) is 10.3. The normalized spacial score (nSPS) is 16.7. The molecule has 0 spiro atoms. The van der Waals surface area contributed by atoms with Gasteiger partial charge in [-0.2, -0.15) is 5.10 Å². The zero-order valence-electron chi connectivity index (χ0n) is 17.8. The van der Waals surface area contributed by atoms with E-state index in [9.17, 15) is 18.0 Å². The van der Waals surface area contributed by atoms with Crippen LogP contribution in [-0.2, 0) is 16.8 Å². The van der Waals surface area contributed by atoms with Gasteiger partial charge >= 0.3 is 0 Å². The van der Waals surface area contributed by atoms with E-state index in [4.69, 9.17) is 0 Å². The van der Waals surface area contributed by atoms with Gasteiger partial charge in [0.25, 0.3) is 6.43 Å². The van der Waals surface area contributed by atoms with Gasteiger partial charge < -0.3 is 10.1 Å². The van der Waals surface area contributed by atoms with E-state index in [2.05, 4.69) is 25.4 Å². The van der Waals surface area contributed by atoms with Crippen molar-refractivity contribution in [3.8, 4) is 11.5 Å². The lowest BCUT2D eigenvalue weighted by Crippen LogP contribution is -2.35. The molecule has 0 saturated carbocycles. The number of carbonyl (C=O) groups excluding carboxylic acids is 1. The maximum atomic E-state index is 14.2. The molecule has 5 rings (SSSR count). The molecule has 10 heteroatoms. The smallest absolute Gasteiger partial charge is 0.280 e. The van der Waals surface area contributed by atoms with Crippen LogP contribution in [0.3, 0.4) is 0 Å². The molecule has 1 aliphatic heterocycles. The number of aromatic nitrogens is 5. The fourth-order valence-electron chi connectivity index (χ4n) is 4.24. The lowest BCUT2D eigenvalue weighted by molar-refractivity contribution is -0.109. The molecule has 1 aliphatic rings. The minimum absolute atomic E-state index is 0.0239. The number of fused-ring (bicyclic) bond motifs is 2. The Hall–Kier alpha value is -3.82. The van der Waals surface area contributed by atoms with E-state index in [0.717, 1.165) is 0 Å². The molecule has 4 heterocycles. The highest BCUT2D eigenvalue weighted by Crippen LogP contribution is 2.44. The summed E-state index contributed by atoms with van der Waals surface area (Å²) in [5.41, 5.74) is -0.0516. The lowest BCUT2D eigenvalue weighted by Gasteiger charge is -2.24. The van der Waals surface area contributed by atoms with Crippen molar-refractivity contribution >= 4 is 23.1 Å². The monoisotopic (exact) mass is 452 g/mol. The van der Waals surface area contributed by atoms with Crippen molar-refractivity contribution in [1.29, 1.82) is 0 Å². The van der Waals surface area contributed by atoms with Crippen molar-refractivity contribution in [2.24, 2.45) is 0 Å². The van der Waals surface area contributed by atoms with Crippen LogP contribution in [0, 0.1) is 5.82 Å². The first-order valence-electron chi connectivity index (χ1n) is 10.3. The fourth-order valence-corrected chi connectivity index (χ4v) is 4.24. The Balaban J connectivity index is 1.69. The van der Waals surface area contributed by atoms with Gasteiger partial charge in [-0.05, 0) is 18.2 Å². The zero-order valence-corrected chi connectivity index (χ0v) is 17.8. The number of nitrogens with zero attached hydrogens (tertiary/aromatic N) is 5. The van der Waals surface area contributed by atoms with E-state index >= 15 is 0 Å². The maximum Gasteiger partial charge on any atom is 0.280 e. The number of carbonyl (C=O) groups is 1. The van der Waals surface area contributed by atoms with Gasteiger partial charge in [-0.15, -0.1) is 0 Å². The van der Waals surface area contributed by atoms with Crippen LogP contribution >= 0.6 is 0 Å². The number of alkyl halides is 2. The third-order valence-electron chi connectivity index (χ3n) is 5.99. The van der Waals surface area contributed by atoms with Crippen LogP contribution in [0.4, 0.5) is 19.0 Å². The Kier molecular flexibility index (Phi) is 4.88. The molecular weight excluding hydrogens is 433 g/mol. The van der Waals surface area contributed by atoms with Gasteiger partial charge in [-0.3, -0.25) is 0 Å². The second-order valence-corrected chi connectivity index (χ2v) is 8.41. The van der Waals surface area contributed by atoms with Crippen LogP contribution in [-0.4, -0.2) is 37.1 Å². The molecule has 1 N–H and O–H groups in total. The molecular formula is C23H19F3N6O. The molecule has 0 saturated heterocycles. The van der Waals surface area contributed by atoms with Gasteiger partial charge in [0, 0.05) is 22.7 Å². The molecule has 0 aliphatic carbocycles. The summed E-state index contributed by atoms with van der Waals surface area (Å²) >= 11 is 0. The third kappa shape index (κ3) is 3.33. The van der Waals surface area contributed by atoms with Gasteiger partial charge in [0.05, 0.1) is 18.0 Å². The Morgan fingerprint density at radius 1 is 1.18 bits per heavy atom. The summed E-state index contributed by atoms with van der Waals surface area (Å²) < 4.78 is 43.8. The number of hydrogen-bond donors (Lipinski definition) is 1. The summed E-state index contributed by atoms with van der Waals surface area (Å²) in [6.45, 7) is 3.48. The van der Waals surface area contributed by atoms with Crippen LogP contribution in [0.2, 0.25) is 0 Å². The highest BCUT2D eigenvalue weighted by atomic mass is 19.3. The van der Waals surface area contributed by atoms with E-state index in [1.165, 1.54) is 10.7 Å². The maximum absolute atomic E-state index is 14.2. The van der Waals surface area contributed by atoms with Crippen molar-refractivity contribution in [3.63, 3.8) is 0 Å². The van der Waals surface area contributed by atoms with E-state index in [1.807, 2.05) is 0 Å². The van der Waals surface area contributed by atoms with Crippen molar-refractivity contribution in [1.82, 2.24) is 24.7 Å². The van der Waals surface area contributed by atoms with Gasteiger partial charge in [-0.1, -0.05) is 32.0 Å². The van der Waals surface area contributed by atoms with Crippen LogP contribution in [0.5, 0.6) is 0 Å². The first-order chi connectivity index (χ1) is 15.8. The predicted octanol–water partition coefficient (Wildman–Crippen LogP) is 4.28. The minimum atomic E-state index is -2.88. The Bertz CT molecular complexity index is 1380. The summed E-state index contributed by atoms with van der Waals surface area (Å²) in [5.74, 6) is -0.235. The summed E-state index contributed by atoms with van der Waals surface area (Å²) in [4.78, 5) is 24.5. The van der Waals surface area contributed by atoms with E-state index in [-0.39, 0.29) is 29.4 Å². The number of hydrogen-bond acceptors (Lipinski definition) is 6. The van der Waals surface area contributed by atoms with Gasteiger partial charge in [0.2, 0.25) is 0 Å². The quantitative estimate of drug-likeness (QED) is 0.455. The Morgan fingerprint density at radius 2 is 1.97 bits per heavy atom. The molecule has 1 unspecified atom stereocenters. The number of halogens is 3. The molecule has 7 nitrogen and oxygen atoms in total. The van der Waals surface area contributed by atoms with Crippen molar-refractivity contribution in [3.05, 3.63) is 65.2 Å². The molecule has 1 atom stereocenters. The molecule has 1 aromatic carbocycles.